The van der Waals surface area contributed by atoms with Crippen molar-refractivity contribution < 1.29 is 9.53 Å². The molecular formula is C23H24N4O2. The number of amides is 1. The fourth-order valence-electron chi connectivity index (χ4n) is 3.42. The highest BCUT2D eigenvalue weighted by Crippen LogP contribution is 2.29. The van der Waals surface area contributed by atoms with E-state index < -0.39 is 0 Å². The van der Waals surface area contributed by atoms with Crippen LogP contribution in [0.1, 0.15) is 42.5 Å². The zero-order valence-electron chi connectivity index (χ0n) is 16.2. The van der Waals surface area contributed by atoms with Crippen molar-refractivity contribution in [3.63, 3.8) is 0 Å². The van der Waals surface area contributed by atoms with Crippen LogP contribution >= 0.6 is 0 Å². The fraction of sp³-hybridized carbons (Fsp3) is 0.261. The number of ether oxygens (including phenoxy) is 1. The molecule has 0 bridgehead atoms. The Morgan fingerprint density at radius 3 is 2.34 bits per heavy atom. The van der Waals surface area contributed by atoms with E-state index in [9.17, 15) is 4.79 Å². The molecule has 2 N–H and O–H groups in total. The van der Waals surface area contributed by atoms with Crippen LogP contribution < -0.4 is 15.4 Å². The third-order valence-electron chi connectivity index (χ3n) is 4.96. The van der Waals surface area contributed by atoms with Gasteiger partial charge in [0.25, 0.3) is 5.91 Å². The number of hydrogen-bond acceptors (Lipinski definition) is 5. The standard InChI is InChI=1S/C23H24N4O2/c28-22(17-15-24-23(25-16-17)26-18-9-3-1-4-10-18)27-20-13-7-8-14-21(20)29-19-11-5-2-6-12-19/h2,5-8,11-16,18H,1,3-4,9-10H2,(H,27,28)(H,24,25,26). The molecule has 1 fully saturated rings. The molecule has 0 radical (unpaired) electrons. The van der Waals surface area contributed by atoms with Gasteiger partial charge in [-0.25, -0.2) is 9.97 Å². The normalized spacial score (nSPS) is 14.2. The molecule has 6 heteroatoms. The van der Waals surface area contributed by atoms with Crippen LogP contribution in [-0.4, -0.2) is 21.9 Å². The molecule has 6 nitrogen and oxygen atoms in total. The van der Waals surface area contributed by atoms with E-state index in [1.165, 1.54) is 19.3 Å². The molecule has 0 atom stereocenters. The highest BCUT2D eigenvalue weighted by Gasteiger charge is 2.15. The number of carbonyl (C=O) groups excluding carboxylic acids is 1. The highest BCUT2D eigenvalue weighted by atomic mass is 16.5. The van der Waals surface area contributed by atoms with Gasteiger partial charge in [0.15, 0.2) is 5.75 Å². The maximum absolute atomic E-state index is 12.7. The number of benzene rings is 2. The molecule has 0 aliphatic heterocycles. The van der Waals surface area contributed by atoms with Gasteiger partial charge in [0, 0.05) is 18.4 Å². The Morgan fingerprint density at radius 1 is 0.897 bits per heavy atom. The van der Waals surface area contributed by atoms with E-state index in [-0.39, 0.29) is 5.91 Å². The van der Waals surface area contributed by atoms with E-state index in [2.05, 4.69) is 20.6 Å². The van der Waals surface area contributed by atoms with E-state index in [4.69, 9.17) is 4.74 Å². The molecule has 1 aliphatic carbocycles. The van der Waals surface area contributed by atoms with Crippen molar-refractivity contribution in [3.8, 4) is 11.5 Å². The molecule has 4 rings (SSSR count). The molecule has 1 aromatic heterocycles. The third-order valence-corrected chi connectivity index (χ3v) is 4.96. The molecule has 2 aromatic carbocycles. The molecule has 0 saturated heterocycles. The van der Waals surface area contributed by atoms with Crippen LogP contribution in [-0.2, 0) is 0 Å². The van der Waals surface area contributed by atoms with Gasteiger partial charge >= 0.3 is 0 Å². The summed E-state index contributed by atoms with van der Waals surface area (Å²) >= 11 is 0. The van der Waals surface area contributed by atoms with Crippen molar-refractivity contribution in [1.82, 2.24) is 9.97 Å². The molecule has 148 valence electrons. The first-order valence-electron chi connectivity index (χ1n) is 10.00. The molecule has 29 heavy (non-hydrogen) atoms. The summed E-state index contributed by atoms with van der Waals surface area (Å²) < 4.78 is 5.89. The minimum Gasteiger partial charge on any atom is -0.455 e. The zero-order valence-corrected chi connectivity index (χ0v) is 16.2. The van der Waals surface area contributed by atoms with Crippen LogP contribution in [0.3, 0.4) is 0 Å². The van der Waals surface area contributed by atoms with Crippen LogP contribution in [0.25, 0.3) is 0 Å². The number of anilines is 2. The quantitative estimate of drug-likeness (QED) is 0.602. The number of nitrogens with one attached hydrogen (secondary N) is 2. The smallest absolute Gasteiger partial charge is 0.258 e. The van der Waals surface area contributed by atoms with Gasteiger partial charge in [-0.15, -0.1) is 0 Å². The minimum absolute atomic E-state index is 0.279. The Kier molecular flexibility index (Phi) is 6.00. The maximum Gasteiger partial charge on any atom is 0.258 e. The molecule has 0 unspecified atom stereocenters. The molecule has 1 aliphatic rings. The lowest BCUT2D eigenvalue weighted by Gasteiger charge is -2.22. The van der Waals surface area contributed by atoms with E-state index in [0.29, 0.717) is 34.7 Å². The molecule has 3 aromatic rings. The average molecular weight is 388 g/mol. The predicted octanol–water partition coefficient (Wildman–Crippen LogP) is 5.27. The van der Waals surface area contributed by atoms with Crippen LogP contribution in [0.2, 0.25) is 0 Å². The second-order valence-electron chi connectivity index (χ2n) is 7.14. The van der Waals surface area contributed by atoms with Gasteiger partial charge in [-0.1, -0.05) is 49.6 Å². The number of para-hydroxylation sites is 3. The third kappa shape index (κ3) is 5.10. The number of carbonyl (C=O) groups is 1. The first-order chi connectivity index (χ1) is 14.3. The molecular weight excluding hydrogens is 364 g/mol. The Labute approximate surface area is 170 Å². The minimum atomic E-state index is -0.279. The number of aromatic nitrogens is 2. The molecule has 1 amide bonds. The van der Waals surface area contributed by atoms with Crippen molar-refractivity contribution in [1.29, 1.82) is 0 Å². The van der Waals surface area contributed by atoms with Crippen molar-refractivity contribution in [2.75, 3.05) is 10.6 Å². The van der Waals surface area contributed by atoms with Crippen LogP contribution in [0, 0.1) is 0 Å². The molecule has 1 heterocycles. The monoisotopic (exact) mass is 388 g/mol. The van der Waals surface area contributed by atoms with Crippen molar-refractivity contribution in [2.45, 2.75) is 38.1 Å². The summed E-state index contributed by atoms with van der Waals surface area (Å²) in [7, 11) is 0. The van der Waals surface area contributed by atoms with Crippen LogP contribution in [0.4, 0.5) is 11.6 Å². The maximum atomic E-state index is 12.7. The lowest BCUT2D eigenvalue weighted by molar-refractivity contribution is 0.102. The number of rotatable bonds is 6. The summed E-state index contributed by atoms with van der Waals surface area (Å²) in [6.07, 6.45) is 9.16. The van der Waals surface area contributed by atoms with Gasteiger partial charge < -0.3 is 15.4 Å². The van der Waals surface area contributed by atoms with Crippen molar-refractivity contribution >= 4 is 17.5 Å². The van der Waals surface area contributed by atoms with E-state index in [1.54, 1.807) is 18.5 Å². The zero-order chi connectivity index (χ0) is 19.9. The summed E-state index contributed by atoms with van der Waals surface area (Å²) in [6.45, 7) is 0. The second kappa shape index (κ2) is 9.19. The Bertz CT molecular complexity index is 939. The summed E-state index contributed by atoms with van der Waals surface area (Å²) in [4.78, 5) is 21.3. The van der Waals surface area contributed by atoms with Gasteiger partial charge in [0.2, 0.25) is 5.95 Å². The fourth-order valence-corrected chi connectivity index (χ4v) is 3.42. The lowest BCUT2D eigenvalue weighted by Crippen LogP contribution is -2.23. The van der Waals surface area contributed by atoms with E-state index in [0.717, 1.165) is 12.8 Å². The van der Waals surface area contributed by atoms with E-state index >= 15 is 0 Å². The first kappa shape index (κ1) is 18.9. The number of nitrogens with zero attached hydrogens (tertiary/aromatic N) is 2. The summed E-state index contributed by atoms with van der Waals surface area (Å²) in [5.74, 6) is 1.57. The summed E-state index contributed by atoms with van der Waals surface area (Å²) in [5.41, 5.74) is 0.986. The van der Waals surface area contributed by atoms with Gasteiger partial charge in [0.05, 0.1) is 11.3 Å². The van der Waals surface area contributed by atoms with Gasteiger partial charge in [-0.2, -0.15) is 0 Å². The first-order valence-corrected chi connectivity index (χ1v) is 10.00. The largest absolute Gasteiger partial charge is 0.455 e. The van der Waals surface area contributed by atoms with Crippen LogP contribution in [0.5, 0.6) is 11.5 Å². The lowest BCUT2D eigenvalue weighted by atomic mass is 9.96. The highest BCUT2D eigenvalue weighted by molar-refractivity contribution is 6.04. The average Bonchev–Trinajstić information content (AvgIpc) is 2.77. The second-order valence-corrected chi connectivity index (χ2v) is 7.14. The van der Waals surface area contributed by atoms with E-state index in [1.807, 2.05) is 48.5 Å². The van der Waals surface area contributed by atoms with Crippen LogP contribution in [0.15, 0.2) is 67.0 Å². The molecule has 0 spiro atoms. The number of hydrogen-bond donors (Lipinski definition) is 2. The van der Waals surface area contributed by atoms with Crippen molar-refractivity contribution in [2.24, 2.45) is 0 Å². The summed E-state index contributed by atoms with van der Waals surface area (Å²) in [6, 6.07) is 17.2. The predicted molar refractivity (Wildman–Crippen MR) is 113 cm³/mol. The SMILES string of the molecule is O=C(Nc1ccccc1Oc1ccccc1)c1cnc(NC2CCCCC2)nc1. The van der Waals surface area contributed by atoms with Gasteiger partial charge in [0.1, 0.15) is 5.75 Å². The topological polar surface area (TPSA) is 76.1 Å². The Hall–Kier alpha value is -3.41. The Morgan fingerprint density at radius 2 is 1.59 bits per heavy atom. The van der Waals surface area contributed by atoms with Gasteiger partial charge in [-0.05, 0) is 37.1 Å². The van der Waals surface area contributed by atoms with Crippen molar-refractivity contribution in [3.05, 3.63) is 72.6 Å². The molecule has 1 saturated carbocycles. The summed E-state index contributed by atoms with van der Waals surface area (Å²) in [5, 5.41) is 6.24. The Balaban J connectivity index is 1.41. The van der Waals surface area contributed by atoms with Gasteiger partial charge in [-0.3, -0.25) is 4.79 Å².